The van der Waals surface area contributed by atoms with Gasteiger partial charge in [-0.1, -0.05) is 0 Å². The standard InChI is InChI=1S/C23H30FN7/c1-3-25-23(30-12-9-18(17-30)14-19-15-27-29(2)16-19)26-11-8-21-10-13-31(28-21)22-6-4-20(24)5-7-22/h4-7,10,13,15-16,18H,3,8-9,11-12,14,17H2,1-2H3,(H,25,26). The Morgan fingerprint density at radius 1 is 1.26 bits per heavy atom. The molecule has 0 spiro atoms. The monoisotopic (exact) mass is 423 g/mol. The molecular weight excluding hydrogens is 393 g/mol. The Bertz CT molecular complexity index is 1010. The van der Waals surface area contributed by atoms with Crippen molar-refractivity contribution in [1.82, 2.24) is 29.8 Å². The number of likely N-dealkylation sites (tertiary alicyclic amines) is 1. The number of halogens is 1. The Hall–Kier alpha value is -3.16. The van der Waals surface area contributed by atoms with E-state index in [4.69, 9.17) is 4.99 Å². The van der Waals surface area contributed by atoms with Crippen LogP contribution in [-0.2, 0) is 19.9 Å². The lowest BCUT2D eigenvalue weighted by Gasteiger charge is -2.21. The predicted octanol–water partition coefficient (Wildman–Crippen LogP) is 2.82. The third-order valence-electron chi connectivity index (χ3n) is 5.57. The molecule has 1 atom stereocenters. The van der Waals surface area contributed by atoms with Gasteiger partial charge in [-0.15, -0.1) is 0 Å². The molecule has 1 unspecified atom stereocenters. The fraction of sp³-hybridized carbons (Fsp3) is 0.435. The smallest absolute Gasteiger partial charge is 0.193 e. The quantitative estimate of drug-likeness (QED) is 0.469. The van der Waals surface area contributed by atoms with Crippen LogP contribution in [0, 0.1) is 11.7 Å². The Kier molecular flexibility index (Phi) is 6.64. The van der Waals surface area contributed by atoms with Crippen molar-refractivity contribution in [3.05, 3.63) is 66.0 Å². The molecule has 4 rings (SSSR count). The van der Waals surface area contributed by atoms with E-state index in [2.05, 4.69) is 33.5 Å². The fourth-order valence-corrected chi connectivity index (χ4v) is 4.04. The maximum atomic E-state index is 13.1. The first-order valence-corrected chi connectivity index (χ1v) is 10.9. The summed E-state index contributed by atoms with van der Waals surface area (Å²) >= 11 is 0. The maximum absolute atomic E-state index is 13.1. The van der Waals surface area contributed by atoms with Crippen molar-refractivity contribution in [2.45, 2.75) is 26.2 Å². The summed E-state index contributed by atoms with van der Waals surface area (Å²) in [5.41, 5.74) is 3.12. The minimum Gasteiger partial charge on any atom is -0.357 e. The van der Waals surface area contributed by atoms with E-state index in [9.17, 15) is 4.39 Å². The molecule has 1 aliphatic rings. The zero-order valence-corrected chi connectivity index (χ0v) is 18.2. The van der Waals surface area contributed by atoms with Gasteiger partial charge in [-0.2, -0.15) is 10.2 Å². The molecule has 0 amide bonds. The van der Waals surface area contributed by atoms with Crippen LogP contribution in [0.4, 0.5) is 4.39 Å². The minimum absolute atomic E-state index is 0.244. The molecule has 0 aliphatic carbocycles. The van der Waals surface area contributed by atoms with Gasteiger partial charge in [-0.25, -0.2) is 9.07 Å². The summed E-state index contributed by atoms with van der Waals surface area (Å²) in [5.74, 6) is 1.36. The molecule has 31 heavy (non-hydrogen) atoms. The SMILES string of the molecule is CCNC(=NCCc1ccn(-c2ccc(F)cc2)n1)N1CCC(Cc2cnn(C)c2)C1. The molecule has 2 aromatic heterocycles. The van der Waals surface area contributed by atoms with Crippen molar-refractivity contribution >= 4 is 5.96 Å². The van der Waals surface area contributed by atoms with Gasteiger partial charge < -0.3 is 10.2 Å². The van der Waals surface area contributed by atoms with Crippen LogP contribution in [0.1, 0.15) is 24.6 Å². The van der Waals surface area contributed by atoms with Gasteiger partial charge >= 0.3 is 0 Å². The van der Waals surface area contributed by atoms with E-state index in [1.807, 2.05) is 30.2 Å². The number of nitrogens with one attached hydrogen (secondary N) is 1. The highest BCUT2D eigenvalue weighted by Gasteiger charge is 2.25. The lowest BCUT2D eigenvalue weighted by molar-refractivity contribution is 0.460. The van der Waals surface area contributed by atoms with Crippen LogP contribution in [0.5, 0.6) is 0 Å². The first kappa shape index (κ1) is 21.1. The van der Waals surface area contributed by atoms with Crippen molar-refractivity contribution in [1.29, 1.82) is 0 Å². The summed E-state index contributed by atoms with van der Waals surface area (Å²) in [4.78, 5) is 7.21. The number of aromatic nitrogens is 4. The van der Waals surface area contributed by atoms with Gasteiger partial charge in [0.15, 0.2) is 5.96 Å². The van der Waals surface area contributed by atoms with Crippen LogP contribution in [0.25, 0.3) is 5.69 Å². The van der Waals surface area contributed by atoms with Crippen molar-refractivity contribution in [2.75, 3.05) is 26.2 Å². The molecule has 0 saturated carbocycles. The van der Waals surface area contributed by atoms with Crippen molar-refractivity contribution in [3.63, 3.8) is 0 Å². The molecule has 8 heteroatoms. The van der Waals surface area contributed by atoms with Gasteiger partial charge in [0.05, 0.1) is 17.6 Å². The molecule has 7 nitrogen and oxygen atoms in total. The molecule has 0 bridgehead atoms. The van der Waals surface area contributed by atoms with E-state index in [1.54, 1.807) is 16.8 Å². The molecule has 1 aromatic carbocycles. The van der Waals surface area contributed by atoms with Crippen LogP contribution in [0.2, 0.25) is 0 Å². The number of guanidine groups is 1. The average Bonchev–Trinajstić information content (AvgIpc) is 3.50. The Balaban J connectivity index is 1.32. The number of aryl methyl sites for hydroxylation is 1. The maximum Gasteiger partial charge on any atom is 0.193 e. The highest BCUT2D eigenvalue weighted by molar-refractivity contribution is 5.80. The van der Waals surface area contributed by atoms with Gasteiger partial charge in [0.1, 0.15) is 5.82 Å². The van der Waals surface area contributed by atoms with Gasteiger partial charge in [-0.3, -0.25) is 9.67 Å². The molecule has 0 radical (unpaired) electrons. The Labute approximate surface area is 182 Å². The number of hydrogen-bond donors (Lipinski definition) is 1. The molecule has 1 aliphatic heterocycles. The van der Waals surface area contributed by atoms with Crippen molar-refractivity contribution in [2.24, 2.45) is 18.0 Å². The summed E-state index contributed by atoms with van der Waals surface area (Å²) in [6.45, 7) is 5.66. The fourth-order valence-electron chi connectivity index (χ4n) is 4.04. The van der Waals surface area contributed by atoms with Crippen LogP contribution in [-0.4, -0.2) is 56.6 Å². The van der Waals surface area contributed by atoms with Gasteiger partial charge in [0.25, 0.3) is 0 Å². The van der Waals surface area contributed by atoms with Crippen LogP contribution < -0.4 is 5.32 Å². The highest BCUT2D eigenvalue weighted by atomic mass is 19.1. The molecule has 1 saturated heterocycles. The van der Waals surface area contributed by atoms with Crippen LogP contribution in [0.15, 0.2) is 53.9 Å². The van der Waals surface area contributed by atoms with Gasteiger partial charge in [0, 0.05) is 52.0 Å². The summed E-state index contributed by atoms with van der Waals surface area (Å²) in [6, 6.07) is 8.33. The molecule has 1 N–H and O–H groups in total. The largest absolute Gasteiger partial charge is 0.357 e. The third kappa shape index (κ3) is 5.51. The van der Waals surface area contributed by atoms with Crippen molar-refractivity contribution in [3.8, 4) is 5.69 Å². The van der Waals surface area contributed by atoms with E-state index in [1.165, 1.54) is 24.1 Å². The number of benzene rings is 1. The van der Waals surface area contributed by atoms with Gasteiger partial charge in [-0.05, 0) is 61.6 Å². The van der Waals surface area contributed by atoms with E-state index in [0.717, 1.165) is 49.8 Å². The van der Waals surface area contributed by atoms with E-state index < -0.39 is 0 Å². The zero-order chi connectivity index (χ0) is 21.6. The minimum atomic E-state index is -0.244. The summed E-state index contributed by atoms with van der Waals surface area (Å²) in [7, 11) is 1.96. The van der Waals surface area contributed by atoms with Crippen LogP contribution in [0.3, 0.4) is 0 Å². The predicted molar refractivity (Wildman–Crippen MR) is 120 cm³/mol. The second kappa shape index (κ2) is 9.76. The lowest BCUT2D eigenvalue weighted by Crippen LogP contribution is -2.40. The highest BCUT2D eigenvalue weighted by Crippen LogP contribution is 2.20. The molecule has 3 heterocycles. The molecule has 3 aromatic rings. The normalized spacial score (nSPS) is 16.8. The molecule has 164 valence electrons. The first-order chi connectivity index (χ1) is 15.1. The lowest BCUT2D eigenvalue weighted by atomic mass is 10.0. The van der Waals surface area contributed by atoms with E-state index >= 15 is 0 Å². The zero-order valence-electron chi connectivity index (χ0n) is 18.2. The third-order valence-corrected chi connectivity index (χ3v) is 5.57. The number of hydrogen-bond acceptors (Lipinski definition) is 3. The Morgan fingerprint density at radius 2 is 2.10 bits per heavy atom. The topological polar surface area (TPSA) is 63.3 Å². The molecule has 1 fully saturated rings. The Morgan fingerprint density at radius 3 is 2.84 bits per heavy atom. The summed E-state index contributed by atoms with van der Waals surface area (Å²) in [5, 5.41) is 12.3. The van der Waals surface area contributed by atoms with Crippen LogP contribution >= 0.6 is 0 Å². The second-order valence-corrected chi connectivity index (χ2v) is 8.04. The number of aliphatic imine (C=N–C) groups is 1. The molecular formula is C23H30FN7. The van der Waals surface area contributed by atoms with Crippen molar-refractivity contribution < 1.29 is 4.39 Å². The average molecular weight is 424 g/mol. The summed E-state index contributed by atoms with van der Waals surface area (Å²) in [6.07, 6.45) is 8.96. The summed E-state index contributed by atoms with van der Waals surface area (Å²) < 4.78 is 16.8. The van der Waals surface area contributed by atoms with Gasteiger partial charge in [0.2, 0.25) is 0 Å². The van der Waals surface area contributed by atoms with E-state index in [-0.39, 0.29) is 5.82 Å². The number of rotatable bonds is 7. The first-order valence-electron chi connectivity index (χ1n) is 10.9. The second-order valence-electron chi connectivity index (χ2n) is 8.04. The number of nitrogens with zero attached hydrogens (tertiary/aromatic N) is 6. The van der Waals surface area contributed by atoms with E-state index in [0.29, 0.717) is 12.5 Å².